The van der Waals surface area contributed by atoms with Crippen LogP contribution in [0, 0.1) is 0 Å². The molecule has 1 amide bonds. The van der Waals surface area contributed by atoms with Gasteiger partial charge in [-0.25, -0.2) is 0 Å². The Hall–Kier alpha value is -1.07. The maximum absolute atomic E-state index is 11.5. The second kappa shape index (κ2) is 6.02. The molecular formula is C12H17BrN2O2. The highest BCUT2D eigenvalue weighted by molar-refractivity contribution is 9.10. The van der Waals surface area contributed by atoms with Crippen LogP contribution in [0.3, 0.4) is 0 Å². The van der Waals surface area contributed by atoms with Crippen molar-refractivity contribution in [3.05, 3.63) is 28.2 Å². The van der Waals surface area contributed by atoms with E-state index < -0.39 is 11.9 Å². The third kappa shape index (κ3) is 3.71. The zero-order valence-electron chi connectivity index (χ0n) is 10.2. The maximum Gasteiger partial charge on any atom is 0.239 e. The predicted octanol–water partition coefficient (Wildman–Crippen LogP) is 1.98. The molecule has 17 heavy (non-hydrogen) atoms. The van der Waals surface area contributed by atoms with Crippen LogP contribution < -0.4 is 15.8 Å². The van der Waals surface area contributed by atoms with Crippen LogP contribution in [-0.4, -0.2) is 19.1 Å². The Morgan fingerprint density at radius 3 is 2.59 bits per heavy atom. The summed E-state index contributed by atoms with van der Waals surface area (Å²) < 4.78 is 5.97. The van der Waals surface area contributed by atoms with Gasteiger partial charge in [0.05, 0.1) is 7.11 Å². The van der Waals surface area contributed by atoms with Crippen molar-refractivity contribution in [2.45, 2.75) is 25.9 Å². The number of ether oxygens (including phenoxy) is 1. The van der Waals surface area contributed by atoms with Gasteiger partial charge in [0.15, 0.2) is 0 Å². The lowest BCUT2D eigenvalue weighted by molar-refractivity contribution is -0.120. The van der Waals surface area contributed by atoms with Gasteiger partial charge in [-0.3, -0.25) is 10.1 Å². The summed E-state index contributed by atoms with van der Waals surface area (Å²) in [5.74, 6) is 0.285. The Kier molecular flexibility index (Phi) is 4.96. The SMILES string of the molecule is COc1ccc(Br)c(C(NC(C)C)C(N)=O)c1. The number of methoxy groups -OCH3 is 1. The van der Waals surface area contributed by atoms with Gasteiger partial charge in [0.25, 0.3) is 0 Å². The topological polar surface area (TPSA) is 64.3 Å². The minimum Gasteiger partial charge on any atom is -0.497 e. The average molecular weight is 301 g/mol. The van der Waals surface area contributed by atoms with Crippen molar-refractivity contribution in [2.24, 2.45) is 5.73 Å². The average Bonchev–Trinajstić information content (AvgIpc) is 2.26. The molecule has 1 aromatic rings. The van der Waals surface area contributed by atoms with E-state index in [1.165, 1.54) is 0 Å². The first-order valence-electron chi connectivity index (χ1n) is 5.34. The number of primary amides is 1. The lowest BCUT2D eigenvalue weighted by Gasteiger charge is -2.20. The molecular weight excluding hydrogens is 284 g/mol. The van der Waals surface area contributed by atoms with E-state index in [1.54, 1.807) is 13.2 Å². The summed E-state index contributed by atoms with van der Waals surface area (Å²) in [6.45, 7) is 3.92. The van der Waals surface area contributed by atoms with Crippen molar-refractivity contribution < 1.29 is 9.53 Å². The monoisotopic (exact) mass is 300 g/mol. The van der Waals surface area contributed by atoms with E-state index in [-0.39, 0.29) is 6.04 Å². The standard InChI is InChI=1S/C12H17BrN2O2/c1-7(2)15-11(12(14)16)9-6-8(17-3)4-5-10(9)13/h4-7,11,15H,1-3H3,(H2,14,16). The Morgan fingerprint density at radius 2 is 2.12 bits per heavy atom. The van der Waals surface area contributed by atoms with Crippen molar-refractivity contribution in [2.75, 3.05) is 7.11 Å². The van der Waals surface area contributed by atoms with Crippen molar-refractivity contribution in [3.63, 3.8) is 0 Å². The summed E-state index contributed by atoms with van der Waals surface area (Å²) in [5.41, 5.74) is 6.20. The molecule has 94 valence electrons. The Labute approximate surface area is 110 Å². The fourth-order valence-corrected chi connectivity index (χ4v) is 2.00. The molecule has 0 radical (unpaired) electrons. The highest BCUT2D eigenvalue weighted by atomic mass is 79.9. The fourth-order valence-electron chi connectivity index (χ4n) is 1.53. The number of halogens is 1. The van der Waals surface area contributed by atoms with Gasteiger partial charge in [-0.05, 0) is 37.6 Å². The minimum absolute atomic E-state index is 0.158. The summed E-state index contributed by atoms with van der Waals surface area (Å²) in [6, 6.07) is 5.09. The van der Waals surface area contributed by atoms with Crippen molar-refractivity contribution in [3.8, 4) is 5.75 Å². The highest BCUT2D eigenvalue weighted by Gasteiger charge is 2.21. The van der Waals surface area contributed by atoms with Gasteiger partial charge < -0.3 is 10.5 Å². The number of rotatable bonds is 5. The van der Waals surface area contributed by atoms with Gasteiger partial charge in [-0.1, -0.05) is 15.9 Å². The van der Waals surface area contributed by atoms with Crippen LogP contribution in [0.15, 0.2) is 22.7 Å². The van der Waals surface area contributed by atoms with E-state index in [9.17, 15) is 4.79 Å². The molecule has 0 fully saturated rings. The quantitative estimate of drug-likeness (QED) is 0.874. The van der Waals surface area contributed by atoms with Crippen LogP contribution in [0.5, 0.6) is 5.75 Å². The van der Waals surface area contributed by atoms with Crippen molar-refractivity contribution in [1.29, 1.82) is 0 Å². The number of amides is 1. The zero-order valence-corrected chi connectivity index (χ0v) is 11.7. The smallest absolute Gasteiger partial charge is 0.239 e. The van der Waals surface area contributed by atoms with Gasteiger partial charge in [-0.2, -0.15) is 0 Å². The van der Waals surface area contributed by atoms with Crippen LogP contribution >= 0.6 is 15.9 Å². The second-order valence-corrected chi connectivity index (χ2v) is 4.90. The molecule has 0 aliphatic heterocycles. The zero-order chi connectivity index (χ0) is 13.0. The van der Waals surface area contributed by atoms with E-state index in [0.717, 1.165) is 10.0 Å². The lowest BCUT2D eigenvalue weighted by Crippen LogP contribution is -2.37. The van der Waals surface area contributed by atoms with Crippen LogP contribution in [0.2, 0.25) is 0 Å². The molecule has 1 unspecified atom stereocenters. The molecule has 0 aromatic heterocycles. The van der Waals surface area contributed by atoms with Gasteiger partial charge >= 0.3 is 0 Å². The molecule has 0 aliphatic carbocycles. The third-order valence-corrected chi connectivity index (χ3v) is 3.02. The number of nitrogens with one attached hydrogen (secondary N) is 1. The van der Waals surface area contributed by atoms with E-state index in [0.29, 0.717) is 5.75 Å². The number of carbonyl (C=O) groups is 1. The molecule has 1 aromatic carbocycles. The van der Waals surface area contributed by atoms with Gasteiger partial charge in [0.2, 0.25) is 5.91 Å². The van der Waals surface area contributed by atoms with Crippen LogP contribution in [-0.2, 0) is 4.79 Å². The summed E-state index contributed by atoms with van der Waals surface area (Å²) in [6.07, 6.45) is 0. The Morgan fingerprint density at radius 1 is 1.47 bits per heavy atom. The van der Waals surface area contributed by atoms with E-state index in [4.69, 9.17) is 10.5 Å². The Bertz CT molecular complexity index is 407. The van der Waals surface area contributed by atoms with Crippen LogP contribution in [0.1, 0.15) is 25.5 Å². The second-order valence-electron chi connectivity index (χ2n) is 4.04. The molecule has 5 heteroatoms. The fraction of sp³-hybridized carbons (Fsp3) is 0.417. The summed E-state index contributed by atoms with van der Waals surface area (Å²) in [4.78, 5) is 11.5. The molecule has 1 atom stereocenters. The largest absolute Gasteiger partial charge is 0.497 e. The normalized spacial score (nSPS) is 12.5. The van der Waals surface area contributed by atoms with E-state index >= 15 is 0 Å². The highest BCUT2D eigenvalue weighted by Crippen LogP contribution is 2.28. The molecule has 0 spiro atoms. The number of hydrogen-bond acceptors (Lipinski definition) is 3. The summed E-state index contributed by atoms with van der Waals surface area (Å²) in [5, 5.41) is 3.13. The van der Waals surface area contributed by atoms with E-state index in [1.807, 2.05) is 26.0 Å². The van der Waals surface area contributed by atoms with Gasteiger partial charge in [0, 0.05) is 10.5 Å². The molecule has 0 saturated heterocycles. The molecule has 0 saturated carbocycles. The first-order valence-corrected chi connectivity index (χ1v) is 6.13. The lowest BCUT2D eigenvalue weighted by atomic mass is 10.1. The van der Waals surface area contributed by atoms with Crippen molar-refractivity contribution >= 4 is 21.8 Å². The van der Waals surface area contributed by atoms with Crippen LogP contribution in [0.4, 0.5) is 0 Å². The summed E-state index contributed by atoms with van der Waals surface area (Å²) >= 11 is 3.42. The first kappa shape index (κ1) is 14.0. The van der Waals surface area contributed by atoms with Crippen molar-refractivity contribution in [1.82, 2.24) is 5.32 Å². The molecule has 0 bridgehead atoms. The predicted molar refractivity (Wildman–Crippen MR) is 70.9 cm³/mol. The molecule has 0 heterocycles. The number of carbonyl (C=O) groups excluding carboxylic acids is 1. The number of hydrogen-bond donors (Lipinski definition) is 2. The van der Waals surface area contributed by atoms with E-state index in [2.05, 4.69) is 21.2 Å². The van der Waals surface area contributed by atoms with Gasteiger partial charge in [0.1, 0.15) is 11.8 Å². The van der Waals surface area contributed by atoms with Gasteiger partial charge in [-0.15, -0.1) is 0 Å². The molecule has 0 aliphatic rings. The number of benzene rings is 1. The summed E-state index contributed by atoms with van der Waals surface area (Å²) in [7, 11) is 1.59. The third-order valence-electron chi connectivity index (χ3n) is 2.30. The first-order chi connectivity index (χ1) is 7.95. The Balaban J connectivity index is 3.12. The maximum atomic E-state index is 11.5. The molecule has 1 rings (SSSR count). The number of nitrogens with two attached hydrogens (primary N) is 1. The molecule has 4 nitrogen and oxygen atoms in total. The minimum atomic E-state index is -0.528. The molecule has 3 N–H and O–H groups in total. The van der Waals surface area contributed by atoms with Crippen LogP contribution in [0.25, 0.3) is 0 Å².